The Bertz CT molecular complexity index is 891. The highest BCUT2D eigenvalue weighted by atomic mass is 32.2. The van der Waals surface area contributed by atoms with E-state index in [4.69, 9.17) is 5.11 Å². The first kappa shape index (κ1) is 19.3. The van der Waals surface area contributed by atoms with Crippen LogP contribution in [0.15, 0.2) is 60.8 Å². The van der Waals surface area contributed by atoms with Crippen molar-refractivity contribution in [3.05, 3.63) is 77.6 Å². The van der Waals surface area contributed by atoms with E-state index >= 15 is 0 Å². The highest BCUT2D eigenvalue weighted by molar-refractivity contribution is 7.90. The molecular formula is C18H18N2O5S. The molecule has 0 atom stereocenters. The second-order valence-electron chi connectivity index (χ2n) is 5.45. The van der Waals surface area contributed by atoms with E-state index in [1.807, 2.05) is 35.1 Å². The van der Waals surface area contributed by atoms with Crippen molar-refractivity contribution < 1.29 is 23.1 Å². The number of aromatic nitrogens is 1. The predicted molar refractivity (Wildman–Crippen MR) is 96.4 cm³/mol. The Balaban J connectivity index is 1.84. The van der Waals surface area contributed by atoms with Crippen molar-refractivity contribution in [3.8, 4) is 0 Å². The van der Waals surface area contributed by atoms with Crippen molar-refractivity contribution in [2.24, 2.45) is 0 Å². The number of hydrogen-bond donors (Lipinski definition) is 2. The fraction of sp³-hybridized carbons (Fsp3) is 0.167. The number of carboxylic acid groups (broad SMARTS) is 1. The zero-order chi connectivity index (χ0) is 19.0. The summed E-state index contributed by atoms with van der Waals surface area (Å²) in [4.78, 5) is 26.2. The largest absolute Gasteiger partial charge is 0.477 e. The van der Waals surface area contributed by atoms with E-state index in [1.54, 1.807) is 6.08 Å². The molecule has 0 aliphatic rings. The minimum absolute atomic E-state index is 0.0355. The highest BCUT2D eigenvalue weighted by Gasteiger charge is 2.15. The van der Waals surface area contributed by atoms with Crippen LogP contribution in [0.4, 0.5) is 0 Å². The Hall–Kier alpha value is -3.00. The van der Waals surface area contributed by atoms with Gasteiger partial charge < -0.3 is 5.11 Å². The summed E-state index contributed by atoms with van der Waals surface area (Å²) in [6, 6.07) is 12.1. The van der Waals surface area contributed by atoms with Crippen molar-refractivity contribution in [2.45, 2.75) is 12.8 Å². The summed E-state index contributed by atoms with van der Waals surface area (Å²) in [6.45, 7) is 0. The van der Waals surface area contributed by atoms with Gasteiger partial charge in [-0.25, -0.2) is 22.9 Å². The number of amides is 1. The lowest BCUT2D eigenvalue weighted by Gasteiger charge is -2.05. The molecular weight excluding hydrogens is 356 g/mol. The lowest BCUT2D eigenvalue weighted by Crippen LogP contribution is -2.32. The maximum atomic E-state index is 11.9. The average molecular weight is 374 g/mol. The first-order valence-corrected chi connectivity index (χ1v) is 9.46. The summed E-state index contributed by atoms with van der Waals surface area (Å²) in [5, 5.41) is 8.75. The van der Waals surface area contributed by atoms with E-state index in [9.17, 15) is 18.0 Å². The molecule has 2 N–H and O–H groups in total. The van der Waals surface area contributed by atoms with Gasteiger partial charge in [-0.05, 0) is 30.5 Å². The maximum absolute atomic E-state index is 11.9. The van der Waals surface area contributed by atoms with Gasteiger partial charge in [0.15, 0.2) is 0 Å². The molecule has 2 rings (SSSR count). The molecule has 1 amide bonds. The van der Waals surface area contributed by atoms with E-state index in [1.165, 1.54) is 12.1 Å². The molecule has 0 saturated carbocycles. The van der Waals surface area contributed by atoms with Crippen LogP contribution in [-0.2, 0) is 16.4 Å². The number of hydrogen-bond acceptors (Lipinski definition) is 5. The second-order valence-corrected chi connectivity index (χ2v) is 7.21. The molecule has 1 heterocycles. The van der Waals surface area contributed by atoms with Crippen molar-refractivity contribution in [3.63, 3.8) is 0 Å². The van der Waals surface area contributed by atoms with Crippen LogP contribution in [0.25, 0.3) is 0 Å². The van der Waals surface area contributed by atoms with E-state index in [2.05, 4.69) is 4.98 Å². The van der Waals surface area contributed by atoms with Gasteiger partial charge in [0.1, 0.15) is 5.69 Å². The number of nitrogens with zero attached hydrogens (tertiary/aromatic N) is 1. The summed E-state index contributed by atoms with van der Waals surface area (Å²) < 4.78 is 25.8. The summed E-state index contributed by atoms with van der Waals surface area (Å²) in [5.41, 5.74) is 0.892. The number of aromatic carboxylic acids is 1. The van der Waals surface area contributed by atoms with Crippen molar-refractivity contribution in [1.82, 2.24) is 9.71 Å². The SMILES string of the molecule is O=C(NS(=O)(=O)CC=CCCc1ccccc1)c1ccc(C(=O)O)nc1. The number of allylic oxidation sites excluding steroid dienone is 1. The van der Waals surface area contributed by atoms with Crippen molar-refractivity contribution >= 4 is 21.9 Å². The molecule has 0 aliphatic carbocycles. The molecule has 0 saturated heterocycles. The van der Waals surface area contributed by atoms with Crippen LogP contribution >= 0.6 is 0 Å². The van der Waals surface area contributed by atoms with E-state index in [0.29, 0.717) is 6.42 Å². The number of nitrogens with one attached hydrogen (secondary N) is 1. The standard InChI is InChI=1S/C18H18N2O5S/c21-17(15-10-11-16(18(22)23)19-13-15)20-26(24,25)12-6-2-5-9-14-7-3-1-4-8-14/h1-4,6-8,10-11,13H,5,9,12H2,(H,20,21)(H,22,23). The first-order chi connectivity index (χ1) is 12.4. The minimum atomic E-state index is -3.83. The molecule has 136 valence electrons. The molecule has 0 spiro atoms. The monoisotopic (exact) mass is 374 g/mol. The van der Waals surface area contributed by atoms with E-state index < -0.39 is 21.9 Å². The Labute approximate surface area is 151 Å². The molecule has 0 radical (unpaired) electrons. The van der Waals surface area contributed by atoms with Crippen LogP contribution in [0.1, 0.15) is 32.8 Å². The topological polar surface area (TPSA) is 113 Å². The van der Waals surface area contributed by atoms with Crippen LogP contribution in [-0.4, -0.2) is 36.1 Å². The van der Waals surface area contributed by atoms with Crippen LogP contribution in [0.2, 0.25) is 0 Å². The van der Waals surface area contributed by atoms with Crippen LogP contribution in [0.5, 0.6) is 0 Å². The number of carboxylic acids is 1. The van der Waals surface area contributed by atoms with Gasteiger partial charge in [-0.2, -0.15) is 0 Å². The van der Waals surface area contributed by atoms with Crippen molar-refractivity contribution in [1.29, 1.82) is 0 Å². The van der Waals surface area contributed by atoms with Gasteiger partial charge in [-0.15, -0.1) is 0 Å². The molecule has 0 bridgehead atoms. The molecule has 1 aromatic carbocycles. The predicted octanol–water partition coefficient (Wildman–Crippen LogP) is 2.03. The number of rotatable bonds is 8. The molecule has 0 unspecified atom stereocenters. The Kier molecular flexibility index (Phi) is 6.62. The quantitative estimate of drug-likeness (QED) is 0.684. The zero-order valence-electron chi connectivity index (χ0n) is 13.8. The van der Waals surface area contributed by atoms with Crippen LogP contribution in [0, 0.1) is 0 Å². The third-order valence-electron chi connectivity index (χ3n) is 3.42. The minimum Gasteiger partial charge on any atom is -0.477 e. The normalized spacial score (nSPS) is 11.4. The Morgan fingerprint density at radius 2 is 1.81 bits per heavy atom. The molecule has 1 aromatic heterocycles. The fourth-order valence-corrected chi connectivity index (χ4v) is 2.98. The zero-order valence-corrected chi connectivity index (χ0v) is 14.6. The maximum Gasteiger partial charge on any atom is 0.354 e. The number of carbonyl (C=O) groups is 2. The van der Waals surface area contributed by atoms with Gasteiger partial charge in [-0.1, -0.05) is 42.5 Å². The molecule has 2 aromatic rings. The number of pyridine rings is 1. The van der Waals surface area contributed by atoms with E-state index in [0.717, 1.165) is 24.2 Å². The highest BCUT2D eigenvalue weighted by Crippen LogP contribution is 2.04. The Morgan fingerprint density at radius 3 is 2.42 bits per heavy atom. The van der Waals surface area contributed by atoms with Crippen molar-refractivity contribution in [2.75, 3.05) is 5.75 Å². The van der Waals surface area contributed by atoms with Gasteiger partial charge in [0.05, 0.1) is 11.3 Å². The molecule has 0 fully saturated rings. The number of aryl methyl sites for hydroxylation is 1. The number of sulfonamides is 1. The number of benzene rings is 1. The van der Waals surface area contributed by atoms with Gasteiger partial charge >= 0.3 is 5.97 Å². The second kappa shape index (κ2) is 8.91. The third kappa shape index (κ3) is 6.14. The van der Waals surface area contributed by atoms with E-state index in [-0.39, 0.29) is 17.0 Å². The smallest absolute Gasteiger partial charge is 0.354 e. The summed E-state index contributed by atoms with van der Waals surface area (Å²) in [5.74, 6) is -2.41. The molecule has 26 heavy (non-hydrogen) atoms. The van der Waals surface area contributed by atoms with Gasteiger partial charge in [0, 0.05) is 6.20 Å². The Morgan fingerprint density at radius 1 is 1.08 bits per heavy atom. The molecule has 7 nitrogen and oxygen atoms in total. The molecule has 0 aliphatic heterocycles. The lowest BCUT2D eigenvalue weighted by atomic mass is 10.1. The van der Waals surface area contributed by atoms with Gasteiger partial charge in [0.2, 0.25) is 10.0 Å². The van der Waals surface area contributed by atoms with Gasteiger partial charge in [-0.3, -0.25) is 4.79 Å². The van der Waals surface area contributed by atoms with Crippen LogP contribution in [0.3, 0.4) is 0 Å². The summed E-state index contributed by atoms with van der Waals surface area (Å²) >= 11 is 0. The fourth-order valence-electron chi connectivity index (χ4n) is 2.10. The number of carbonyl (C=O) groups excluding carboxylic acids is 1. The molecule has 8 heteroatoms. The van der Waals surface area contributed by atoms with Crippen LogP contribution < -0.4 is 4.72 Å². The average Bonchev–Trinajstić information content (AvgIpc) is 2.62. The summed E-state index contributed by atoms with van der Waals surface area (Å²) in [6.07, 6.45) is 5.74. The van der Waals surface area contributed by atoms with Gasteiger partial charge in [0.25, 0.3) is 5.91 Å². The third-order valence-corrected chi connectivity index (χ3v) is 4.55. The first-order valence-electron chi connectivity index (χ1n) is 7.80. The summed E-state index contributed by atoms with van der Waals surface area (Å²) in [7, 11) is -3.83. The lowest BCUT2D eigenvalue weighted by molar-refractivity contribution is 0.0689.